The van der Waals surface area contributed by atoms with Crippen LogP contribution >= 0.6 is 0 Å². The molecule has 8 N–H and O–H groups in total. The van der Waals surface area contributed by atoms with Crippen molar-refractivity contribution in [2.75, 3.05) is 6.54 Å². The number of aromatic nitrogens is 1. The zero-order chi connectivity index (χ0) is 29.5. The summed E-state index contributed by atoms with van der Waals surface area (Å²) in [5.41, 5.74) is 2.10. The number of phenols is 1. The molecule has 1 fully saturated rings. The van der Waals surface area contributed by atoms with Crippen LogP contribution in [0.25, 0.3) is 10.9 Å². The van der Waals surface area contributed by atoms with Gasteiger partial charge in [-0.2, -0.15) is 0 Å². The van der Waals surface area contributed by atoms with Gasteiger partial charge in [0.15, 0.2) is 0 Å². The number of carbonyl (C=O) groups excluding carboxylic acids is 3. The number of aliphatic hydroxyl groups excluding tert-OH is 1. The largest absolute Gasteiger partial charge is 0.508 e. The number of fused-ring (bicyclic) bond motifs is 1. The van der Waals surface area contributed by atoms with Crippen molar-refractivity contribution >= 4 is 34.6 Å². The number of aliphatic hydroxyl groups is 1. The molecule has 0 spiro atoms. The summed E-state index contributed by atoms with van der Waals surface area (Å²) in [4.78, 5) is 54.7. The lowest BCUT2D eigenvalue weighted by atomic mass is 10.0. The Hall–Kier alpha value is -4.42. The molecular weight excluding hydrogens is 530 g/mol. The first kappa shape index (κ1) is 29.6. The van der Waals surface area contributed by atoms with Crippen LogP contribution in [-0.4, -0.2) is 80.8 Å². The van der Waals surface area contributed by atoms with Crippen molar-refractivity contribution < 1.29 is 34.5 Å². The summed E-state index contributed by atoms with van der Waals surface area (Å²) >= 11 is 0. The molecule has 1 aliphatic heterocycles. The van der Waals surface area contributed by atoms with E-state index in [2.05, 4.69) is 26.3 Å². The Morgan fingerprint density at radius 1 is 0.951 bits per heavy atom. The summed E-state index contributed by atoms with van der Waals surface area (Å²) in [6.45, 7) is 2.03. The van der Waals surface area contributed by atoms with Gasteiger partial charge in [-0.25, -0.2) is 4.79 Å². The summed E-state index contributed by atoms with van der Waals surface area (Å²) < 4.78 is 0. The number of phenolic OH excluding ortho intramolecular Hbond substituents is 1. The van der Waals surface area contributed by atoms with Gasteiger partial charge in [0.05, 0.1) is 12.1 Å². The van der Waals surface area contributed by atoms with E-state index in [0.717, 1.165) is 17.3 Å². The van der Waals surface area contributed by atoms with Crippen LogP contribution in [0, 0.1) is 0 Å². The molecule has 3 aromatic rings. The van der Waals surface area contributed by atoms with E-state index < -0.39 is 54.0 Å². The number of benzene rings is 2. The average molecular weight is 566 g/mol. The maximum absolute atomic E-state index is 13.5. The second-order valence-corrected chi connectivity index (χ2v) is 10.3. The zero-order valence-corrected chi connectivity index (χ0v) is 22.6. The van der Waals surface area contributed by atoms with Crippen LogP contribution in [0.15, 0.2) is 54.7 Å². The molecule has 0 bridgehead atoms. The molecule has 1 aromatic heterocycles. The molecule has 2 aromatic carbocycles. The summed E-state index contributed by atoms with van der Waals surface area (Å²) in [6, 6.07) is 8.98. The predicted molar refractivity (Wildman–Crippen MR) is 150 cm³/mol. The number of H-pyrrole nitrogens is 1. The number of hydrogen-bond acceptors (Lipinski definition) is 7. The Bertz CT molecular complexity index is 1380. The van der Waals surface area contributed by atoms with Gasteiger partial charge in [0.2, 0.25) is 17.7 Å². The number of aromatic hydroxyl groups is 1. The number of hydrogen-bond donors (Lipinski definition) is 8. The number of para-hydroxylation sites is 1. The minimum Gasteiger partial charge on any atom is -0.508 e. The molecule has 5 atom stereocenters. The highest BCUT2D eigenvalue weighted by molar-refractivity contribution is 5.95. The van der Waals surface area contributed by atoms with E-state index >= 15 is 0 Å². The minimum atomic E-state index is -1.34. The lowest BCUT2D eigenvalue weighted by Crippen LogP contribution is -2.60. The van der Waals surface area contributed by atoms with Crippen molar-refractivity contribution in [3.05, 3.63) is 65.9 Å². The van der Waals surface area contributed by atoms with Crippen molar-refractivity contribution in [2.24, 2.45) is 0 Å². The Morgan fingerprint density at radius 3 is 2.32 bits per heavy atom. The second kappa shape index (κ2) is 13.3. The minimum absolute atomic E-state index is 0.0117. The van der Waals surface area contributed by atoms with Gasteiger partial charge in [-0.3, -0.25) is 14.4 Å². The number of carbonyl (C=O) groups is 4. The van der Waals surface area contributed by atoms with E-state index in [0.29, 0.717) is 24.1 Å². The first-order valence-corrected chi connectivity index (χ1v) is 13.5. The van der Waals surface area contributed by atoms with E-state index in [9.17, 15) is 34.5 Å². The number of carboxylic acid groups (broad SMARTS) is 1. The number of nitrogens with one attached hydrogen (secondary N) is 5. The fourth-order valence-electron chi connectivity index (χ4n) is 4.90. The van der Waals surface area contributed by atoms with Gasteiger partial charge in [-0.05, 0) is 55.6 Å². The van der Waals surface area contributed by atoms with E-state index in [1.54, 1.807) is 18.3 Å². The molecule has 41 heavy (non-hydrogen) atoms. The van der Waals surface area contributed by atoms with Gasteiger partial charge in [-0.1, -0.05) is 30.3 Å². The van der Waals surface area contributed by atoms with Gasteiger partial charge in [0, 0.05) is 29.9 Å². The predicted octanol–water partition coefficient (Wildman–Crippen LogP) is 0.331. The van der Waals surface area contributed by atoms with Crippen LogP contribution in [0.1, 0.15) is 30.9 Å². The summed E-state index contributed by atoms with van der Waals surface area (Å²) in [5, 5.41) is 41.2. The van der Waals surface area contributed by atoms with Crippen LogP contribution in [0.3, 0.4) is 0 Å². The third-order valence-electron chi connectivity index (χ3n) is 7.16. The highest BCUT2D eigenvalue weighted by Gasteiger charge is 2.34. The molecular formula is C29H35N5O7. The third-order valence-corrected chi connectivity index (χ3v) is 7.16. The smallest absolute Gasteiger partial charge is 0.326 e. The summed E-state index contributed by atoms with van der Waals surface area (Å²) in [5.74, 6) is -3.21. The summed E-state index contributed by atoms with van der Waals surface area (Å²) in [6.07, 6.45) is 1.81. The monoisotopic (exact) mass is 565 g/mol. The Balaban J connectivity index is 1.55. The number of aliphatic carboxylic acids is 1. The number of carboxylic acids is 1. The highest BCUT2D eigenvalue weighted by atomic mass is 16.4. The van der Waals surface area contributed by atoms with Gasteiger partial charge in [-0.15, -0.1) is 0 Å². The standard InChI is InChI=1S/C29H35N5O7/c1-16(35)25(34-26(37)22-7-4-12-30-22)28(39)32-23(14-18-15-31-21-6-3-2-5-20(18)21)27(38)33-24(29(40)41)13-17-8-10-19(36)11-9-17/h2-3,5-6,8-11,15-16,22-25,30-31,35-36H,4,7,12-14H2,1H3,(H,32,39)(H,33,38)(H,34,37)(H,40,41). The highest BCUT2D eigenvalue weighted by Crippen LogP contribution is 2.20. The fraction of sp³-hybridized carbons (Fsp3) is 0.379. The van der Waals surface area contributed by atoms with Crippen molar-refractivity contribution in [1.82, 2.24) is 26.3 Å². The van der Waals surface area contributed by atoms with Gasteiger partial charge in [0.25, 0.3) is 0 Å². The first-order valence-electron chi connectivity index (χ1n) is 13.5. The fourth-order valence-corrected chi connectivity index (χ4v) is 4.90. The number of rotatable bonds is 12. The normalized spacial score (nSPS) is 17.8. The molecule has 0 radical (unpaired) electrons. The van der Waals surface area contributed by atoms with E-state index in [1.165, 1.54) is 19.1 Å². The molecule has 2 heterocycles. The van der Waals surface area contributed by atoms with E-state index in [-0.39, 0.29) is 18.6 Å². The van der Waals surface area contributed by atoms with Gasteiger partial charge in [0.1, 0.15) is 23.9 Å². The quantitative estimate of drug-likeness (QED) is 0.154. The van der Waals surface area contributed by atoms with Crippen LogP contribution in [-0.2, 0) is 32.0 Å². The zero-order valence-electron chi connectivity index (χ0n) is 22.6. The van der Waals surface area contributed by atoms with Crippen molar-refractivity contribution in [3.63, 3.8) is 0 Å². The Labute approximate surface area is 236 Å². The lowest BCUT2D eigenvalue weighted by Gasteiger charge is -2.26. The van der Waals surface area contributed by atoms with E-state index in [4.69, 9.17) is 0 Å². The van der Waals surface area contributed by atoms with Crippen LogP contribution in [0.2, 0.25) is 0 Å². The number of amides is 3. The van der Waals surface area contributed by atoms with Crippen LogP contribution in [0.5, 0.6) is 5.75 Å². The molecule has 5 unspecified atom stereocenters. The molecule has 218 valence electrons. The van der Waals surface area contributed by atoms with Crippen LogP contribution < -0.4 is 21.3 Å². The molecule has 0 aliphatic carbocycles. The number of aromatic amines is 1. The molecule has 1 saturated heterocycles. The molecule has 4 rings (SSSR count). The van der Waals surface area contributed by atoms with Gasteiger partial charge >= 0.3 is 5.97 Å². The molecule has 3 amide bonds. The molecule has 0 saturated carbocycles. The topological polar surface area (TPSA) is 193 Å². The van der Waals surface area contributed by atoms with Crippen molar-refractivity contribution in [1.29, 1.82) is 0 Å². The maximum atomic E-state index is 13.5. The molecule has 12 nitrogen and oxygen atoms in total. The third kappa shape index (κ3) is 7.62. The molecule has 1 aliphatic rings. The Morgan fingerprint density at radius 2 is 1.66 bits per heavy atom. The maximum Gasteiger partial charge on any atom is 0.326 e. The first-order chi connectivity index (χ1) is 19.6. The SMILES string of the molecule is CC(O)C(NC(=O)C1CCCN1)C(=O)NC(Cc1c[nH]c2ccccc12)C(=O)NC(Cc1ccc(O)cc1)C(=O)O. The second-order valence-electron chi connectivity index (χ2n) is 10.3. The van der Waals surface area contributed by atoms with Crippen LogP contribution in [0.4, 0.5) is 0 Å². The van der Waals surface area contributed by atoms with Crippen molar-refractivity contribution in [2.45, 2.75) is 62.9 Å². The summed E-state index contributed by atoms with van der Waals surface area (Å²) in [7, 11) is 0. The Kier molecular flexibility index (Phi) is 9.58. The average Bonchev–Trinajstić information content (AvgIpc) is 3.62. The van der Waals surface area contributed by atoms with E-state index in [1.807, 2.05) is 24.3 Å². The van der Waals surface area contributed by atoms with Crippen molar-refractivity contribution in [3.8, 4) is 5.75 Å². The lowest BCUT2D eigenvalue weighted by molar-refractivity contribution is -0.142. The molecule has 12 heteroatoms. The van der Waals surface area contributed by atoms with Gasteiger partial charge < -0.3 is 41.6 Å².